The number of hydrogen-bond acceptors (Lipinski definition) is 4. The molecule has 0 aliphatic rings. The summed E-state index contributed by atoms with van der Waals surface area (Å²) in [6.07, 6.45) is 0.594. The molecule has 7 nitrogen and oxygen atoms in total. The van der Waals surface area contributed by atoms with Crippen molar-refractivity contribution in [1.29, 1.82) is 0 Å². The number of aryl methyl sites for hydroxylation is 2. The van der Waals surface area contributed by atoms with E-state index in [1.165, 1.54) is 0 Å². The van der Waals surface area contributed by atoms with Crippen molar-refractivity contribution in [2.45, 2.75) is 33.2 Å². The van der Waals surface area contributed by atoms with E-state index in [1.807, 2.05) is 57.2 Å². The molecule has 1 N–H and O–H groups in total. The minimum atomic E-state index is -0.562. The molecular formula is C29H30Cl2N4O3. The number of benzene rings is 3. The van der Waals surface area contributed by atoms with Crippen molar-refractivity contribution in [3.63, 3.8) is 0 Å². The van der Waals surface area contributed by atoms with Crippen LogP contribution in [0.25, 0.3) is 16.6 Å². The number of fused-ring (bicyclic) bond motifs is 1. The number of rotatable bonds is 8. The fourth-order valence-corrected chi connectivity index (χ4v) is 4.78. The first-order chi connectivity index (χ1) is 18.2. The van der Waals surface area contributed by atoms with Crippen LogP contribution in [0.5, 0.6) is 0 Å². The second kappa shape index (κ2) is 12.0. The number of nitrogens with one attached hydrogen (secondary N) is 1. The van der Waals surface area contributed by atoms with Gasteiger partial charge in [-0.25, -0.2) is 9.78 Å². The molecule has 0 aliphatic carbocycles. The van der Waals surface area contributed by atoms with Crippen molar-refractivity contribution < 1.29 is 9.53 Å². The van der Waals surface area contributed by atoms with Crippen LogP contribution in [0, 0.1) is 13.8 Å². The Morgan fingerprint density at radius 2 is 1.84 bits per heavy atom. The minimum absolute atomic E-state index is 0.189. The number of aromatic nitrogens is 2. The van der Waals surface area contributed by atoms with Crippen molar-refractivity contribution >= 4 is 45.8 Å². The molecule has 1 atom stereocenters. The normalized spacial score (nSPS) is 11.9. The number of hydrogen-bond donors (Lipinski definition) is 1. The van der Waals surface area contributed by atoms with Crippen molar-refractivity contribution in [2.75, 3.05) is 25.6 Å². The average molecular weight is 553 g/mol. The molecular weight excluding hydrogens is 523 g/mol. The molecule has 1 unspecified atom stereocenters. The van der Waals surface area contributed by atoms with Gasteiger partial charge in [-0.1, -0.05) is 53.0 Å². The van der Waals surface area contributed by atoms with Crippen LogP contribution in [0.1, 0.15) is 36.3 Å². The van der Waals surface area contributed by atoms with Gasteiger partial charge in [-0.2, -0.15) is 0 Å². The van der Waals surface area contributed by atoms with Crippen molar-refractivity contribution in [1.82, 2.24) is 14.5 Å². The minimum Gasteiger partial charge on any atom is -0.385 e. The molecule has 2 amide bonds. The van der Waals surface area contributed by atoms with Crippen molar-refractivity contribution in [2.24, 2.45) is 0 Å². The predicted molar refractivity (Wildman–Crippen MR) is 154 cm³/mol. The summed E-state index contributed by atoms with van der Waals surface area (Å²) in [5.74, 6) is 0.461. The lowest BCUT2D eigenvalue weighted by Gasteiger charge is -2.31. The van der Waals surface area contributed by atoms with Crippen LogP contribution < -0.4 is 10.9 Å². The molecule has 38 heavy (non-hydrogen) atoms. The van der Waals surface area contributed by atoms with Crippen LogP contribution in [0.4, 0.5) is 10.5 Å². The topological polar surface area (TPSA) is 76.5 Å². The maximum absolute atomic E-state index is 13.9. The lowest BCUT2D eigenvalue weighted by atomic mass is 10.1. The second-order valence-electron chi connectivity index (χ2n) is 9.19. The number of halogens is 2. The monoisotopic (exact) mass is 552 g/mol. The van der Waals surface area contributed by atoms with Gasteiger partial charge in [-0.05, 0) is 69.2 Å². The summed E-state index contributed by atoms with van der Waals surface area (Å²) in [7, 11) is 1.62. The van der Waals surface area contributed by atoms with Crippen LogP contribution in [-0.2, 0) is 4.74 Å². The van der Waals surface area contributed by atoms with Gasteiger partial charge < -0.3 is 15.0 Å². The Bertz CT molecular complexity index is 1540. The Labute approximate surface area is 232 Å². The van der Waals surface area contributed by atoms with E-state index in [9.17, 15) is 9.59 Å². The Morgan fingerprint density at radius 3 is 2.55 bits per heavy atom. The van der Waals surface area contributed by atoms with E-state index in [0.29, 0.717) is 52.0 Å². The molecule has 9 heteroatoms. The zero-order chi connectivity index (χ0) is 27.4. The molecule has 0 radical (unpaired) electrons. The van der Waals surface area contributed by atoms with Crippen molar-refractivity contribution in [3.05, 3.63) is 98.0 Å². The molecule has 0 fully saturated rings. The number of amides is 2. The fourth-order valence-electron chi connectivity index (χ4n) is 4.48. The summed E-state index contributed by atoms with van der Waals surface area (Å²) in [6.45, 7) is 6.69. The molecule has 0 saturated carbocycles. The van der Waals surface area contributed by atoms with E-state index >= 15 is 0 Å². The zero-order valence-corrected chi connectivity index (χ0v) is 23.3. The number of methoxy groups -OCH3 is 1. The first kappa shape index (κ1) is 27.6. The van der Waals surface area contributed by atoms with Gasteiger partial charge in [0.1, 0.15) is 5.82 Å². The molecule has 0 saturated heterocycles. The van der Waals surface area contributed by atoms with Gasteiger partial charge in [0.05, 0.1) is 32.7 Å². The van der Waals surface area contributed by atoms with Crippen LogP contribution >= 0.6 is 23.2 Å². The summed E-state index contributed by atoms with van der Waals surface area (Å²) in [6, 6.07) is 17.1. The summed E-state index contributed by atoms with van der Waals surface area (Å²) in [4.78, 5) is 34.0. The first-order valence-corrected chi connectivity index (χ1v) is 13.1. The third-order valence-electron chi connectivity index (χ3n) is 6.42. The molecule has 4 rings (SSSR count). The molecule has 1 aromatic heterocycles. The van der Waals surface area contributed by atoms with Gasteiger partial charge in [-0.15, -0.1) is 0 Å². The van der Waals surface area contributed by atoms with E-state index in [-0.39, 0.29) is 11.6 Å². The molecule has 0 bridgehead atoms. The van der Waals surface area contributed by atoms with E-state index in [4.69, 9.17) is 32.9 Å². The van der Waals surface area contributed by atoms with E-state index in [1.54, 1.807) is 40.8 Å². The van der Waals surface area contributed by atoms with Gasteiger partial charge in [0.15, 0.2) is 0 Å². The molecule has 0 aliphatic heterocycles. The quantitative estimate of drug-likeness (QED) is 0.240. The van der Waals surface area contributed by atoms with Crippen LogP contribution in [-0.4, -0.2) is 40.7 Å². The Balaban J connectivity index is 1.83. The second-order valence-corrected chi connectivity index (χ2v) is 10.0. The SMILES string of the molecule is COCCCN(C(=O)Nc1ccc(Cl)c(Cl)c1)C(C)c1nc2ccccc2c(=O)n1-c1ccc(C)cc1C. The number of nitrogens with zero attached hydrogens (tertiary/aromatic N) is 3. The van der Waals surface area contributed by atoms with Crippen LogP contribution in [0.3, 0.4) is 0 Å². The van der Waals surface area contributed by atoms with Crippen LogP contribution in [0.15, 0.2) is 65.5 Å². The summed E-state index contributed by atoms with van der Waals surface area (Å²) >= 11 is 12.2. The smallest absolute Gasteiger partial charge is 0.322 e. The average Bonchev–Trinajstić information content (AvgIpc) is 2.89. The highest BCUT2D eigenvalue weighted by atomic mass is 35.5. The van der Waals surface area contributed by atoms with Gasteiger partial charge in [0, 0.05) is 25.9 Å². The number of para-hydroxylation sites is 1. The van der Waals surface area contributed by atoms with E-state index in [2.05, 4.69) is 5.32 Å². The predicted octanol–water partition coefficient (Wildman–Crippen LogP) is 6.94. The van der Waals surface area contributed by atoms with Gasteiger partial charge in [0.25, 0.3) is 5.56 Å². The number of anilines is 1. The molecule has 3 aromatic carbocycles. The lowest BCUT2D eigenvalue weighted by Crippen LogP contribution is -2.40. The van der Waals surface area contributed by atoms with Gasteiger partial charge >= 0.3 is 6.03 Å². The highest BCUT2D eigenvalue weighted by Gasteiger charge is 2.27. The van der Waals surface area contributed by atoms with Gasteiger partial charge in [0.2, 0.25) is 0 Å². The largest absolute Gasteiger partial charge is 0.385 e. The zero-order valence-electron chi connectivity index (χ0n) is 21.8. The number of carbonyl (C=O) groups excluding carboxylic acids is 1. The van der Waals surface area contributed by atoms with E-state index in [0.717, 1.165) is 16.8 Å². The number of carbonyl (C=O) groups is 1. The van der Waals surface area contributed by atoms with Crippen molar-refractivity contribution in [3.8, 4) is 5.69 Å². The summed E-state index contributed by atoms with van der Waals surface area (Å²) < 4.78 is 6.86. The molecule has 0 spiro atoms. The maximum atomic E-state index is 13.9. The number of ether oxygens (including phenoxy) is 1. The highest BCUT2D eigenvalue weighted by Crippen LogP contribution is 2.28. The highest BCUT2D eigenvalue weighted by molar-refractivity contribution is 6.42. The molecule has 1 heterocycles. The maximum Gasteiger partial charge on any atom is 0.322 e. The number of urea groups is 1. The Kier molecular flexibility index (Phi) is 8.72. The standard InChI is InChI=1S/C29H30Cl2N4O3/c1-18-10-13-26(19(2)16-18)35-27(33-25-9-6-5-8-22(25)28(35)36)20(3)34(14-7-15-38-4)29(37)32-21-11-12-23(30)24(31)17-21/h5-6,8-13,16-17,20H,7,14-15H2,1-4H3,(H,32,37). The first-order valence-electron chi connectivity index (χ1n) is 12.3. The Hall–Kier alpha value is -3.39. The van der Waals surface area contributed by atoms with Crippen LogP contribution in [0.2, 0.25) is 10.0 Å². The summed E-state index contributed by atoms with van der Waals surface area (Å²) in [5.41, 5.74) is 3.64. The third kappa shape index (κ3) is 5.85. The van der Waals surface area contributed by atoms with E-state index < -0.39 is 6.04 Å². The Morgan fingerprint density at radius 1 is 1.08 bits per heavy atom. The fraction of sp³-hybridized carbons (Fsp3) is 0.276. The molecule has 198 valence electrons. The summed E-state index contributed by atoms with van der Waals surface area (Å²) in [5, 5.41) is 4.15. The lowest BCUT2D eigenvalue weighted by molar-refractivity contribution is 0.159. The molecule has 4 aromatic rings. The third-order valence-corrected chi connectivity index (χ3v) is 7.15. The van der Waals surface area contributed by atoms with Gasteiger partial charge in [-0.3, -0.25) is 9.36 Å².